The number of likely N-dealkylation sites (tertiary alicyclic amines) is 1. The molecule has 0 radical (unpaired) electrons. The lowest BCUT2D eigenvalue weighted by atomic mass is 10.2. The van der Waals surface area contributed by atoms with E-state index in [1.54, 1.807) is 0 Å². The first-order chi connectivity index (χ1) is 12.2. The number of hydrogen-bond acceptors (Lipinski definition) is 5. The van der Waals surface area contributed by atoms with Gasteiger partial charge in [-0.1, -0.05) is 6.92 Å². The predicted molar refractivity (Wildman–Crippen MR) is 122 cm³/mol. The number of nitrogens with one attached hydrogen (secondary N) is 2. The third-order valence-electron chi connectivity index (χ3n) is 4.79. The molecule has 0 saturated carbocycles. The highest BCUT2D eigenvalue weighted by Gasteiger charge is 2.22. The zero-order chi connectivity index (χ0) is 18.1. The average molecular weight is 495 g/mol. The zero-order valence-electron chi connectivity index (χ0n) is 16.5. The second-order valence-electron chi connectivity index (χ2n) is 6.47. The lowest BCUT2D eigenvalue weighted by Gasteiger charge is -2.24. The molecule has 0 spiro atoms. The molecule has 26 heavy (non-hydrogen) atoms. The number of hydrogen-bond donors (Lipinski definition) is 2. The summed E-state index contributed by atoms with van der Waals surface area (Å²) in [6.07, 6.45) is 5.84. The normalized spacial score (nSPS) is 18.0. The second kappa shape index (κ2) is 12.8. The van der Waals surface area contributed by atoms with Crippen molar-refractivity contribution in [2.75, 3.05) is 38.2 Å². The number of nitrogens with zero attached hydrogens (tertiary/aromatic N) is 5. The van der Waals surface area contributed by atoms with Gasteiger partial charge in [0.05, 0.1) is 0 Å². The summed E-state index contributed by atoms with van der Waals surface area (Å²) in [4.78, 5) is 7.27. The van der Waals surface area contributed by atoms with Gasteiger partial charge in [0.15, 0.2) is 11.8 Å². The van der Waals surface area contributed by atoms with Crippen LogP contribution in [0.25, 0.3) is 0 Å². The average Bonchev–Trinajstić information content (AvgIpc) is 3.20. The SMILES string of the molecule is CCN1CCCC1CNC(=NCc1nnc(C)n1C)NCCCSC.I. The molecule has 0 aliphatic carbocycles. The van der Waals surface area contributed by atoms with E-state index < -0.39 is 0 Å². The van der Waals surface area contributed by atoms with Crippen LogP contribution in [0.2, 0.25) is 0 Å². The van der Waals surface area contributed by atoms with Crippen LogP contribution in [0.3, 0.4) is 0 Å². The van der Waals surface area contributed by atoms with Crippen molar-refractivity contribution in [2.24, 2.45) is 12.0 Å². The van der Waals surface area contributed by atoms with Gasteiger partial charge in [0, 0.05) is 26.2 Å². The number of aliphatic imine (C=N–C) groups is 1. The van der Waals surface area contributed by atoms with Crippen molar-refractivity contribution in [1.82, 2.24) is 30.3 Å². The van der Waals surface area contributed by atoms with Crippen molar-refractivity contribution in [2.45, 2.75) is 45.7 Å². The van der Waals surface area contributed by atoms with Crippen molar-refractivity contribution in [1.29, 1.82) is 0 Å². The van der Waals surface area contributed by atoms with Gasteiger partial charge in [-0.05, 0) is 51.3 Å². The van der Waals surface area contributed by atoms with Gasteiger partial charge in [0.1, 0.15) is 12.4 Å². The van der Waals surface area contributed by atoms with Crippen LogP contribution in [0.4, 0.5) is 0 Å². The summed E-state index contributed by atoms with van der Waals surface area (Å²) in [5.74, 6) is 3.84. The van der Waals surface area contributed by atoms with Crippen LogP contribution in [0.5, 0.6) is 0 Å². The van der Waals surface area contributed by atoms with Gasteiger partial charge in [-0.25, -0.2) is 4.99 Å². The fraction of sp³-hybridized carbons (Fsp3) is 0.824. The maximum absolute atomic E-state index is 4.72. The molecule has 2 rings (SSSR count). The number of likely N-dealkylation sites (N-methyl/N-ethyl adjacent to an activating group) is 1. The van der Waals surface area contributed by atoms with Crippen LogP contribution >= 0.6 is 35.7 Å². The van der Waals surface area contributed by atoms with E-state index in [0.717, 1.165) is 49.4 Å². The van der Waals surface area contributed by atoms with Gasteiger partial charge in [-0.15, -0.1) is 34.2 Å². The summed E-state index contributed by atoms with van der Waals surface area (Å²) in [6, 6.07) is 0.611. The largest absolute Gasteiger partial charge is 0.356 e. The predicted octanol–water partition coefficient (Wildman–Crippen LogP) is 2.01. The zero-order valence-corrected chi connectivity index (χ0v) is 19.6. The van der Waals surface area contributed by atoms with E-state index >= 15 is 0 Å². The van der Waals surface area contributed by atoms with E-state index in [-0.39, 0.29) is 24.0 Å². The monoisotopic (exact) mass is 495 g/mol. The van der Waals surface area contributed by atoms with Crippen LogP contribution in [-0.2, 0) is 13.6 Å². The van der Waals surface area contributed by atoms with Crippen molar-refractivity contribution in [3.8, 4) is 0 Å². The van der Waals surface area contributed by atoms with Crippen LogP contribution < -0.4 is 10.6 Å². The maximum atomic E-state index is 4.72. The van der Waals surface area contributed by atoms with Crippen molar-refractivity contribution >= 4 is 41.7 Å². The number of thioether (sulfide) groups is 1. The number of rotatable bonds is 9. The molecule has 1 fully saturated rings. The summed E-state index contributed by atoms with van der Waals surface area (Å²) in [5.41, 5.74) is 0. The first kappa shape index (κ1) is 23.5. The van der Waals surface area contributed by atoms with Gasteiger partial charge in [0.25, 0.3) is 0 Å². The van der Waals surface area contributed by atoms with Gasteiger partial charge >= 0.3 is 0 Å². The molecular formula is C17H34IN7S. The molecule has 2 heterocycles. The van der Waals surface area contributed by atoms with E-state index in [1.807, 2.05) is 30.3 Å². The number of aromatic nitrogens is 3. The third kappa shape index (κ3) is 7.22. The number of aryl methyl sites for hydroxylation is 1. The molecule has 150 valence electrons. The van der Waals surface area contributed by atoms with Gasteiger partial charge in [-0.2, -0.15) is 11.8 Å². The van der Waals surface area contributed by atoms with Gasteiger partial charge < -0.3 is 15.2 Å². The fourth-order valence-electron chi connectivity index (χ4n) is 3.09. The Kier molecular flexibility index (Phi) is 11.5. The Morgan fingerprint density at radius 1 is 1.35 bits per heavy atom. The number of halogens is 1. The molecule has 2 N–H and O–H groups in total. The van der Waals surface area contributed by atoms with Crippen molar-refractivity contribution < 1.29 is 0 Å². The first-order valence-electron chi connectivity index (χ1n) is 9.25. The molecule has 9 heteroatoms. The third-order valence-corrected chi connectivity index (χ3v) is 5.49. The lowest BCUT2D eigenvalue weighted by molar-refractivity contribution is 0.267. The molecule has 1 aliphatic heterocycles. The van der Waals surface area contributed by atoms with Gasteiger partial charge in [0.2, 0.25) is 0 Å². The molecule has 1 aromatic rings. The van der Waals surface area contributed by atoms with E-state index in [4.69, 9.17) is 4.99 Å². The summed E-state index contributed by atoms with van der Waals surface area (Å²) in [6.45, 7) is 8.96. The molecule has 0 aromatic carbocycles. The molecule has 1 atom stereocenters. The van der Waals surface area contributed by atoms with Crippen molar-refractivity contribution in [3.05, 3.63) is 11.6 Å². The molecular weight excluding hydrogens is 461 g/mol. The Morgan fingerprint density at radius 2 is 2.15 bits per heavy atom. The van der Waals surface area contributed by atoms with E-state index in [9.17, 15) is 0 Å². The minimum absolute atomic E-state index is 0. The van der Waals surface area contributed by atoms with Crippen LogP contribution in [0.15, 0.2) is 4.99 Å². The van der Waals surface area contributed by atoms with E-state index in [2.05, 4.69) is 38.9 Å². The highest BCUT2D eigenvalue weighted by atomic mass is 127. The maximum Gasteiger partial charge on any atom is 0.191 e. The lowest BCUT2D eigenvalue weighted by Crippen LogP contribution is -2.45. The highest BCUT2D eigenvalue weighted by molar-refractivity contribution is 14.0. The van der Waals surface area contributed by atoms with Crippen LogP contribution in [0.1, 0.15) is 37.8 Å². The highest BCUT2D eigenvalue weighted by Crippen LogP contribution is 2.15. The summed E-state index contributed by atoms with van der Waals surface area (Å²) in [7, 11) is 1.98. The van der Waals surface area contributed by atoms with Crippen LogP contribution in [0, 0.1) is 6.92 Å². The quantitative estimate of drug-likeness (QED) is 0.237. The van der Waals surface area contributed by atoms with Crippen LogP contribution in [-0.4, -0.2) is 69.9 Å². The smallest absolute Gasteiger partial charge is 0.191 e. The fourth-order valence-corrected chi connectivity index (χ4v) is 3.53. The van der Waals surface area contributed by atoms with E-state index in [1.165, 1.54) is 19.4 Å². The Labute approximate surface area is 179 Å². The molecule has 0 amide bonds. The van der Waals surface area contributed by atoms with E-state index in [0.29, 0.717) is 12.6 Å². The molecule has 7 nitrogen and oxygen atoms in total. The molecule has 1 aliphatic rings. The minimum atomic E-state index is 0. The Hall–Kier alpha value is -0.550. The summed E-state index contributed by atoms with van der Waals surface area (Å²) >= 11 is 1.88. The summed E-state index contributed by atoms with van der Waals surface area (Å²) in [5, 5.41) is 15.3. The molecule has 0 bridgehead atoms. The standard InChI is InChI=1S/C17H33N7S.HI/c1-5-24-10-6-8-15(24)12-19-17(18-9-7-11-25-4)20-13-16-22-21-14(2)23(16)3;/h15H,5-13H2,1-4H3,(H2,18,19,20);1H. The Morgan fingerprint density at radius 3 is 2.81 bits per heavy atom. The molecule has 1 saturated heterocycles. The van der Waals surface area contributed by atoms with Crippen molar-refractivity contribution in [3.63, 3.8) is 0 Å². The summed E-state index contributed by atoms with van der Waals surface area (Å²) < 4.78 is 1.99. The topological polar surface area (TPSA) is 70.4 Å². The second-order valence-corrected chi connectivity index (χ2v) is 7.45. The minimum Gasteiger partial charge on any atom is -0.356 e. The van der Waals surface area contributed by atoms with Gasteiger partial charge in [-0.3, -0.25) is 4.90 Å². The first-order valence-corrected chi connectivity index (χ1v) is 10.6. The Balaban J connectivity index is 0.00000338. The molecule has 1 unspecified atom stereocenters. The molecule has 1 aromatic heterocycles. The Bertz CT molecular complexity index is 549. The number of guanidine groups is 1.